The Morgan fingerprint density at radius 2 is 1.59 bits per heavy atom. The van der Waals surface area contributed by atoms with Gasteiger partial charge in [0.15, 0.2) is 11.5 Å². The Kier molecular flexibility index (Phi) is 7.11. The first-order chi connectivity index (χ1) is 15.4. The van der Waals surface area contributed by atoms with Gasteiger partial charge in [0.1, 0.15) is 11.6 Å². The van der Waals surface area contributed by atoms with Crippen molar-refractivity contribution < 1.29 is 19.1 Å². The molecule has 0 radical (unpaired) electrons. The summed E-state index contributed by atoms with van der Waals surface area (Å²) in [5.74, 6) is 0.183. The lowest BCUT2D eigenvalue weighted by atomic mass is 9.93. The Morgan fingerprint density at radius 1 is 0.938 bits per heavy atom. The van der Waals surface area contributed by atoms with E-state index in [1.807, 2.05) is 57.2 Å². The van der Waals surface area contributed by atoms with Crippen LogP contribution < -0.4 is 9.47 Å². The van der Waals surface area contributed by atoms with Crippen molar-refractivity contribution >= 4 is 17.9 Å². The molecule has 0 saturated carbocycles. The molecule has 0 aromatic heterocycles. The molecule has 2 aromatic rings. The maximum Gasteiger partial charge on any atom is 0.271 e. The van der Waals surface area contributed by atoms with Crippen LogP contribution in [0.2, 0.25) is 0 Å². The minimum absolute atomic E-state index is 0.0288. The fourth-order valence-electron chi connectivity index (χ4n) is 3.47. The SMILES string of the molecule is CCOc1ccc(/C=C2/C(=O)N(Cc3ccc(C)cc3)C(=O)C(C#N)=C2C)cc1OCC. The summed E-state index contributed by atoms with van der Waals surface area (Å²) in [7, 11) is 0. The van der Waals surface area contributed by atoms with Crippen molar-refractivity contribution in [2.75, 3.05) is 13.2 Å². The van der Waals surface area contributed by atoms with E-state index in [-0.39, 0.29) is 12.1 Å². The number of aryl methyl sites for hydroxylation is 1. The number of hydrogen-bond donors (Lipinski definition) is 0. The number of benzene rings is 2. The van der Waals surface area contributed by atoms with Crippen LogP contribution in [0.15, 0.2) is 59.2 Å². The third-order valence-corrected chi connectivity index (χ3v) is 5.17. The molecule has 0 fully saturated rings. The zero-order valence-electron chi connectivity index (χ0n) is 18.8. The number of imide groups is 1. The van der Waals surface area contributed by atoms with Crippen molar-refractivity contribution in [2.24, 2.45) is 0 Å². The number of carbonyl (C=O) groups is 2. The van der Waals surface area contributed by atoms with Crippen molar-refractivity contribution in [2.45, 2.75) is 34.2 Å². The highest BCUT2D eigenvalue weighted by atomic mass is 16.5. The number of amides is 2. The molecule has 1 heterocycles. The van der Waals surface area contributed by atoms with Gasteiger partial charge in [-0.3, -0.25) is 14.5 Å². The maximum atomic E-state index is 13.3. The molecule has 32 heavy (non-hydrogen) atoms. The van der Waals surface area contributed by atoms with Crippen LogP contribution in [-0.4, -0.2) is 29.9 Å². The second-order valence-electron chi connectivity index (χ2n) is 7.42. The molecule has 0 bridgehead atoms. The van der Waals surface area contributed by atoms with Gasteiger partial charge >= 0.3 is 0 Å². The van der Waals surface area contributed by atoms with E-state index in [9.17, 15) is 14.9 Å². The van der Waals surface area contributed by atoms with Crippen LogP contribution in [0.1, 0.15) is 37.5 Å². The van der Waals surface area contributed by atoms with Gasteiger partial charge in [0.05, 0.1) is 19.8 Å². The summed E-state index contributed by atoms with van der Waals surface area (Å²) >= 11 is 0. The number of nitriles is 1. The molecule has 6 nitrogen and oxygen atoms in total. The summed E-state index contributed by atoms with van der Waals surface area (Å²) in [5.41, 5.74) is 3.25. The molecular weight excluding hydrogens is 404 g/mol. The lowest BCUT2D eigenvalue weighted by molar-refractivity contribution is -0.141. The molecule has 3 rings (SSSR count). The Labute approximate surface area is 188 Å². The van der Waals surface area contributed by atoms with Gasteiger partial charge in [-0.1, -0.05) is 35.9 Å². The monoisotopic (exact) mass is 430 g/mol. The number of carbonyl (C=O) groups excluding carboxylic acids is 2. The molecule has 0 unspecified atom stereocenters. The molecule has 164 valence electrons. The molecule has 0 aliphatic carbocycles. The van der Waals surface area contributed by atoms with Crippen LogP contribution >= 0.6 is 0 Å². The average molecular weight is 431 g/mol. The second kappa shape index (κ2) is 9.97. The van der Waals surface area contributed by atoms with Gasteiger partial charge in [-0.05, 0) is 62.6 Å². The van der Waals surface area contributed by atoms with E-state index in [0.717, 1.165) is 16.0 Å². The van der Waals surface area contributed by atoms with Crippen molar-refractivity contribution in [3.05, 3.63) is 75.9 Å². The van der Waals surface area contributed by atoms with Crippen LogP contribution in [0.3, 0.4) is 0 Å². The van der Waals surface area contributed by atoms with Crippen molar-refractivity contribution in [3.8, 4) is 17.6 Å². The Morgan fingerprint density at radius 3 is 2.22 bits per heavy atom. The zero-order chi connectivity index (χ0) is 23.3. The quantitative estimate of drug-likeness (QED) is 0.474. The largest absolute Gasteiger partial charge is 0.490 e. The van der Waals surface area contributed by atoms with E-state index in [1.165, 1.54) is 0 Å². The predicted molar refractivity (Wildman–Crippen MR) is 122 cm³/mol. The molecule has 0 N–H and O–H groups in total. The molecule has 0 spiro atoms. The zero-order valence-corrected chi connectivity index (χ0v) is 18.8. The standard InChI is InChI=1S/C26H26N2O4/c1-5-31-23-12-11-20(14-24(23)32-6-2)13-21-18(4)22(15-27)26(30)28(25(21)29)16-19-9-7-17(3)8-10-19/h7-14H,5-6,16H2,1-4H3/b21-13+. The number of nitrogens with zero attached hydrogens (tertiary/aromatic N) is 2. The lowest BCUT2D eigenvalue weighted by Crippen LogP contribution is -2.42. The first-order valence-corrected chi connectivity index (χ1v) is 10.5. The summed E-state index contributed by atoms with van der Waals surface area (Å²) in [5, 5.41) is 9.60. The van der Waals surface area contributed by atoms with Gasteiger partial charge in [-0.25, -0.2) is 0 Å². The van der Waals surface area contributed by atoms with Crippen molar-refractivity contribution in [1.82, 2.24) is 4.90 Å². The van der Waals surface area contributed by atoms with Gasteiger partial charge in [-0.15, -0.1) is 0 Å². The van der Waals surface area contributed by atoms with Gasteiger partial charge in [0.25, 0.3) is 11.8 Å². The molecular formula is C26H26N2O4. The summed E-state index contributed by atoms with van der Waals surface area (Å²) in [4.78, 5) is 27.3. The van der Waals surface area contributed by atoms with Crippen LogP contribution in [0.25, 0.3) is 6.08 Å². The van der Waals surface area contributed by atoms with Gasteiger partial charge < -0.3 is 9.47 Å². The first-order valence-electron chi connectivity index (χ1n) is 10.5. The highest BCUT2D eigenvalue weighted by Gasteiger charge is 2.35. The maximum absolute atomic E-state index is 13.3. The summed E-state index contributed by atoms with van der Waals surface area (Å²) in [6, 6.07) is 14.9. The van der Waals surface area contributed by atoms with E-state index in [2.05, 4.69) is 0 Å². The third-order valence-electron chi connectivity index (χ3n) is 5.17. The van der Waals surface area contributed by atoms with Gasteiger partial charge in [0, 0.05) is 5.57 Å². The van der Waals surface area contributed by atoms with Crippen LogP contribution in [0, 0.1) is 18.3 Å². The summed E-state index contributed by atoms with van der Waals surface area (Å²) in [6.45, 7) is 8.44. The molecule has 0 atom stereocenters. The normalized spacial score (nSPS) is 15.2. The highest BCUT2D eigenvalue weighted by molar-refractivity contribution is 6.19. The van der Waals surface area contributed by atoms with Crippen LogP contribution in [0.5, 0.6) is 11.5 Å². The van der Waals surface area contributed by atoms with Crippen LogP contribution in [0.4, 0.5) is 0 Å². The number of rotatable bonds is 7. The molecule has 1 aliphatic rings. The fourth-order valence-corrected chi connectivity index (χ4v) is 3.47. The molecule has 6 heteroatoms. The fraction of sp³-hybridized carbons (Fsp3) is 0.269. The van der Waals surface area contributed by atoms with Crippen molar-refractivity contribution in [3.63, 3.8) is 0 Å². The summed E-state index contributed by atoms with van der Waals surface area (Å²) in [6.07, 6.45) is 1.68. The van der Waals surface area contributed by atoms with E-state index in [4.69, 9.17) is 9.47 Å². The minimum atomic E-state index is -0.575. The molecule has 0 saturated heterocycles. The van der Waals surface area contributed by atoms with E-state index >= 15 is 0 Å². The Bertz CT molecular complexity index is 1140. The predicted octanol–water partition coefficient (Wildman–Crippen LogP) is 4.58. The van der Waals surface area contributed by atoms with Gasteiger partial charge in [0.2, 0.25) is 0 Å². The number of hydrogen-bond acceptors (Lipinski definition) is 5. The number of ether oxygens (including phenoxy) is 2. The van der Waals surface area contributed by atoms with E-state index < -0.39 is 11.8 Å². The van der Waals surface area contributed by atoms with E-state index in [0.29, 0.717) is 41.4 Å². The second-order valence-corrected chi connectivity index (χ2v) is 7.42. The van der Waals surface area contributed by atoms with Gasteiger partial charge in [-0.2, -0.15) is 5.26 Å². The average Bonchev–Trinajstić information content (AvgIpc) is 2.78. The topological polar surface area (TPSA) is 79.6 Å². The van der Waals surface area contributed by atoms with Crippen molar-refractivity contribution in [1.29, 1.82) is 5.26 Å². The summed E-state index contributed by atoms with van der Waals surface area (Å²) < 4.78 is 11.3. The molecule has 1 aliphatic heterocycles. The minimum Gasteiger partial charge on any atom is -0.490 e. The Balaban J connectivity index is 2.03. The smallest absolute Gasteiger partial charge is 0.271 e. The first kappa shape index (κ1) is 22.8. The highest BCUT2D eigenvalue weighted by Crippen LogP contribution is 2.32. The molecule has 2 aromatic carbocycles. The van der Waals surface area contributed by atoms with E-state index in [1.54, 1.807) is 25.1 Å². The molecule has 2 amide bonds. The third kappa shape index (κ3) is 4.73. The Hall–Kier alpha value is -3.85. The van der Waals surface area contributed by atoms with Crippen LogP contribution in [-0.2, 0) is 16.1 Å². The lowest BCUT2D eigenvalue weighted by Gasteiger charge is -2.27.